The van der Waals surface area contributed by atoms with E-state index in [-0.39, 0.29) is 5.91 Å². The first-order valence-corrected chi connectivity index (χ1v) is 8.40. The number of pyridine rings is 1. The smallest absolute Gasteiger partial charge is 0.259 e. The highest BCUT2D eigenvalue weighted by Crippen LogP contribution is 2.17. The summed E-state index contributed by atoms with van der Waals surface area (Å²) in [6, 6.07) is 14.8. The molecule has 0 spiro atoms. The van der Waals surface area contributed by atoms with Crippen LogP contribution in [0, 0.1) is 0 Å². The Morgan fingerprint density at radius 3 is 2.23 bits per heavy atom. The van der Waals surface area contributed by atoms with E-state index in [4.69, 9.17) is 0 Å². The summed E-state index contributed by atoms with van der Waals surface area (Å²) in [7, 11) is 3.95. The van der Waals surface area contributed by atoms with Gasteiger partial charge in [-0.05, 0) is 38.4 Å². The van der Waals surface area contributed by atoms with Crippen molar-refractivity contribution >= 4 is 11.7 Å². The zero-order chi connectivity index (χ0) is 18.4. The van der Waals surface area contributed by atoms with Gasteiger partial charge in [-0.15, -0.1) is 0 Å². The first-order chi connectivity index (χ1) is 12.6. The van der Waals surface area contributed by atoms with E-state index in [1.54, 1.807) is 35.6 Å². The number of likely N-dealkylation sites (N-methyl/N-ethyl adjacent to an activating group) is 1. The molecule has 0 aliphatic heterocycles. The van der Waals surface area contributed by atoms with Crippen LogP contribution in [0.5, 0.6) is 0 Å². The average molecular weight is 347 g/mol. The Morgan fingerprint density at radius 2 is 1.62 bits per heavy atom. The van der Waals surface area contributed by atoms with E-state index in [0.29, 0.717) is 23.6 Å². The number of hydrogen-bond donors (Lipinski definition) is 0. The maximum atomic E-state index is 12.9. The maximum absolute atomic E-state index is 12.9. The van der Waals surface area contributed by atoms with Crippen molar-refractivity contribution in [2.45, 2.75) is 0 Å². The summed E-state index contributed by atoms with van der Waals surface area (Å²) in [6.07, 6.45) is 4.99. The van der Waals surface area contributed by atoms with Gasteiger partial charge >= 0.3 is 0 Å². The summed E-state index contributed by atoms with van der Waals surface area (Å²) in [5, 5.41) is 0. The lowest BCUT2D eigenvalue weighted by molar-refractivity contribution is 0.0984. The number of aromatic nitrogens is 3. The summed E-state index contributed by atoms with van der Waals surface area (Å²) < 4.78 is 0. The van der Waals surface area contributed by atoms with Crippen LogP contribution >= 0.6 is 0 Å². The van der Waals surface area contributed by atoms with Crippen molar-refractivity contribution < 1.29 is 4.79 Å². The second kappa shape index (κ2) is 8.31. The molecule has 0 radical (unpaired) electrons. The number of benzene rings is 1. The summed E-state index contributed by atoms with van der Waals surface area (Å²) >= 11 is 0. The van der Waals surface area contributed by atoms with Gasteiger partial charge in [0, 0.05) is 24.8 Å². The Kier molecular flexibility index (Phi) is 5.66. The number of rotatable bonds is 6. The molecule has 132 valence electrons. The van der Waals surface area contributed by atoms with E-state index < -0.39 is 0 Å². The second-order valence-corrected chi connectivity index (χ2v) is 6.10. The SMILES string of the molecule is CN(C)CCN(C(=O)c1ccccc1)c1cnc(-c2ccccn2)cn1. The van der Waals surface area contributed by atoms with E-state index in [2.05, 4.69) is 15.0 Å². The van der Waals surface area contributed by atoms with E-state index in [1.807, 2.05) is 55.4 Å². The Labute approximate surface area is 153 Å². The largest absolute Gasteiger partial charge is 0.308 e. The number of amides is 1. The van der Waals surface area contributed by atoms with Gasteiger partial charge in [-0.1, -0.05) is 24.3 Å². The second-order valence-electron chi connectivity index (χ2n) is 6.10. The minimum atomic E-state index is -0.0904. The van der Waals surface area contributed by atoms with Crippen molar-refractivity contribution in [3.05, 3.63) is 72.7 Å². The van der Waals surface area contributed by atoms with Crippen LogP contribution in [0.15, 0.2) is 67.1 Å². The minimum absolute atomic E-state index is 0.0904. The molecule has 3 aromatic rings. The van der Waals surface area contributed by atoms with Crippen LogP contribution in [0.3, 0.4) is 0 Å². The van der Waals surface area contributed by atoms with Crippen LogP contribution in [0.2, 0.25) is 0 Å². The summed E-state index contributed by atoms with van der Waals surface area (Å²) in [4.78, 5) is 29.8. The number of anilines is 1. The van der Waals surface area contributed by atoms with Gasteiger partial charge in [0.2, 0.25) is 0 Å². The third-order valence-corrected chi connectivity index (χ3v) is 3.88. The first-order valence-electron chi connectivity index (χ1n) is 8.40. The minimum Gasteiger partial charge on any atom is -0.308 e. The zero-order valence-corrected chi connectivity index (χ0v) is 14.9. The Bertz CT molecular complexity index is 835. The van der Waals surface area contributed by atoms with Gasteiger partial charge in [-0.25, -0.2) is 9.97 Å². The number of nitrogens with zero attached hydrogens (tertiary/aromatic N) is 5. The fourth-order valence-corrected chi connectivity index (χ4v) is 2.46. The van der Waals surface area contributed by atoms with Crippen LogP contribution in [0.25, 0.3) is 11.4 Å². The molecule has 0 saturated heterocycles. The molecule has 2 heterocycles. The Morgan fingerprint density at radius 1 is 0.846 bits per heavy atom. The molecular formula is C20H21N5O. The number of carbonyl (C=O) groups excluding carboxylic acids is 1. The fourth-order valence-electron chi connectivity index (χ4n) is 2.46. The highest BCUT2D eigenvalue weighted by Gasteiger charge is 2.19. The lowest BCUT2D eigenvalue weighted by Gasteiger charge is -2.23. The molecule has 0 bridgehead atoms. The van der Waals surface area contributed by atoms with Crippen LogP contribution in [-0.2, 0) is 0 Å². The fraction of sp³-hybridized carbons (Fsp3) is 0.200. The summed E-state index contributed by atoms with van der Waals surface area (Å²) in [5.74, 6) is 0.438. The van der Waals surface area contributed by atoms with E-state index in [0.717, 1.165) is 12.2 Å². The Hall–Kier alpha value is -3.12. The van der Waals surface area contributed by atoms with Crippen molar-refractivity contribution in [1.82, 2.24) is 19.9 Å². The quantitative estimate of drug-likeness (QED) is 0.686. The molecule has 0 unspecified atom stereocenters. The molecule has 2 aromatic heterocycles. The van der Waals surface area contributed by atoms with Crippen molar-refractivity contribution in [3.63, 3.8) is 0 Å². The molecule has 6 heteroatoms. The molecule has 0 saturated carbocycles. The molecule has 6 nitrogen and oxygen atoms in total. The van der Waals surface area contributed by atoms with Gasteiger partial charge in [-0.2, -0.15) is 0 Å². The maximum Gasteiger partial charge on any atom is 0.259 e. The van der Waals surface area contributed by atoms with E-state index >= 15 is 0 Å². The van der Waals surface area contributed by atoms with E-state index in [1.165, 1.54) is 0 Å². The molecule has 0 aliphatic rings. The molecular weight excluding hydrogens is 326 g/mol. The van der Waals surface area contributed by atoms with Crippen LogP contribution < -0.4 is 4.90 Å². The Balaban J connectivity index is 1.87. The van der Waals surface area contributed by atoms with Crippen molar-refractivity contribution in [1.29, 1.82) is 0 Å². The third-order valence-electron chi connectivity index (χ3n) is 3.88. The van der Waals surface area contributed by atoms with Gasteiger partial charge in [0.15, 0.2) is 5.82 Å². The van der Waals surface area contributed by atoms with Crippen LogP contribution in [0.1, 0.15) is 10.4 Å². The highest BCUT2D eigenvalue weighted by molar-refractivity contribution is 6.05. The van der Waals surface area contributed by atoms with Crippen LogP contribution in [-0.4, -0.2) is 52.9 Å². The van der Waals surface area contributed by atoms with Gasteiger partial charge in [-0.3, -0.25) is 14.7 Å². The van der Waals surface area contributed by atoms with Crippen LogP contribution in [0.4, 0.5) is 5.82 Å². The van der Waals surface area contributed by atoms with E-state index in [9.17, 15) is 4.79 Å². The predicted molar refractivity (Wildman–Crippen MR) is 102 cm³/mol. The summed E-state index contributed by atoms with van der Waals surface area (Å²) in [5.41, 5.74) is 2.05. The van der Waals surface area contributed by atoms with Crippen molar-refractivity contribution in [2.24, 2.45) is 0 Å². The van der Waals surface area contributed by atoms with Gasteiger partial charge in [0.05, 0.1) is 18.1 Å². The molecule has 1 amide bonds. The first kappa shape index (κ1) is 17.7. The molecule has 1 aromatic carbocycles. The third kappa shape index (κ3) is 4.29. The molecule has 3 rings (SSSR count). The molecule has 0 atom stereocenters. The topological polar surface area (TPSA) is 62.2 Å². The van der Waals surface area contributed by atoms with Gasteiger partial charge < -0.3 is 4.90 Å². The summed E-state index contributed by atoms with van der Waals surface area (Å²) in [6.45, 7) is 1.25. The standard InChI is InChI=1S/C20H21N5O/c1-24(2)12-13-25(20(26)16-8-4-3-5-9-16)19-15-22-18(14-23-19)17-10-6-7-11-21-17/h3-11,14-15H,12-13H2,1-2H3. The average Bonchev–Trinajstić information content (AvgIpc) is 2.69. The molecule has 0 N–H and O–H groups in total. The highest BCUT2D eigenvalue weighted by atomic mass is 16.2. The zero-order valence-electron chi connectivity index (χ0n) is 14.9. The van der Waals surface area contributed by atoms with Gasteiger partial charge in [0.25, 0.3) is 5.91 Å². The molecule has 26 heavy (non-hydrogen) atoms. The number of hydrogen-bond acceptors (Lipinski definition) is 5. The lowest BCUT2D eigenvalue weighted by atomic mass is 10.2. The predicted octanol–water partition coefficient (Wildman–Crippen LogP) is 2.75. The van der Waals surface area contributed by atoms with Gasteiger partial charge in [0.1, 0.15) is 5.69 Å². The normalized spacial score (nSPS) is 10.7. The number of carbonyl (C=O) groups is 1. The van der Waals surface area contributed by atoms with Crippen molar-refractivity contribution in [3.8, 4) is 11.4 Å². The molecule has 0 fully saturated rings. The monoisotopic (exact) mass is 347 g/mol. The van der Waals surface area contributed by atoms with Crippen molar-refractivity contribution in [2.75, 3.05) is 32.1 Å². The lowest BCUT2D eigenvalue weighted by Crippen LogP contribution is -2.37. The molecule has 0 aliphatic carbocycles.